The number of fused-ring (bicyclic) bond motifs is 1. The second kappa shape index (κ2) is 3.39. The van der Waals surface area contributed by atoms with E-state index in [1.807, 2.05) is 24.3 Å². The molecule has 2 nitrogen and oxygen atoms in total. The lowest BCUT2D eigenvalue weighted by Crippen LogP contribution is -2.07. The zero-order valence-electron chi connectivity index (χ0n) is 7.79. The van der Waals surface area contributed by atoms with E-state index in [4.69, 9.17) is 0 Å². The molecule has 0 amide bonds. The van der Waals surface area contributed by atoms with Gasteiger partial charge in [0.25, 0.3) is 5.56 Å². The van der Waals surface area contributed by atoms with Gasteiger partial charge in [-0.25, -0.2) is 0 Å². The summed E-state index contributed by atoms with van der Waals surface area (Å²) >= 11 is 0. The van der Waals surface area contributed by atoms with Crippen molar-refractivity contribution in [1.82, 2.24) is 4.98 Å². The third-order valence-electron chi connectivity index (χ3n) is 2.01. The van der Waals surface area contributed by atoms with Crippen molar-refractivity contribution in [2.24, 2.45) is 0 Å². The lowest BCUT2D eigenvalue weighted by molar-refractivity contribution is 1.24. The standard InChI is InChI=1S/C12H9NO/c1-2-5-10-8-9-6-3-4-7-11(9)12(14)13-10/h3-4,6-8H,1H3,(H,13,14). The maximum absolute atomic E-state index is 11.6. The zero-order valence-corrected chi connectivity index (χ0v) is 7.79. The highest BCUT2D eigenvalue weighted by Crippen LogP contribution is 2.08. The summed E-state index contributed by atoms with van der Waals surface area (Å²) in [5, 5.41) is 1.63. The third-order valence-corrected chi connectivity index (χ3v) is 2.01. The molecule has 2 heteroatoms. The Morgan fingerprint density at radius 2 is 2.07 bits per heavy atom. The zero-order chi connectivity index (χ0) is 9.97. The number of hydrogen-bond donors (Lipinski definition) is 1. The molecule has 1 heterocycles. The summed E-state index contributed by atoms with van der Waals surface area (Å²) in [6.07, 6.45) is 0. The summed E-state index contributed by atoms with van der Waals surface area (Å²) in [6, 6.07) is 9.35. The number of hydrogen-bond acceptors (Lipinski definition) is 1. The highest BCUT2D eigenvalue weighted by Gasteiger charge is 1.98. The van der Waals surface area contributed by atoms with Crippen molar-refractivity contribution in [3.8, 4) is 11.8 Å². The molecule has 1 N–H and O–H groups in total. The van der Waals surface area contributed by atoms with Crippen molar-refractivity contribution < 1.29 is 0 Å². The van der Waals surface area contributed by atoms with E-state index in [1.165, 1.54) is 0 Å². The molecular weight excluding hydrogens is 174 g/mol. The smallest absolute Gasteiger partial charge is 0.256 e. The Balaban J connectivity index is 2.83. The maximum Gasteiger partial charge on any atom is 0.256 e. The van der Waals surface area contributed by atoms with E-state index in [2.05, 4.69) is 16.8 Å². The van der Waals surface area contributed by atoms with Crippen molar-refractivity contribution in [3.05, 3.63) is 46.4 Å². The normalized spacial score (nSPS) is 9.50. The molecular formula is C12H9NO. The molecule has 0 bridgehead atoms. The van der Waals surface area contributed by atoms with Crippen LogP contribution in [0.5, 0.6) is 0 Å². The van der Waals surface area contributed by atoms with Gasteiger partial charge in [-0.2, -0.15) is 0 Å². The molecule has 1 aromatic carbocycles. The van der Waals surface area contributed by atoms with Crippen LogP contribution in [0.25, 0.3) is 10.8 Å². The van der Waals surface area contributed by atoms with E-state index in [0.29, 0.717) is 11.1 Å². The summed E-state index contributed by atoms with van der Waals surface area (Å²) in [5.41, 5.74) is 0.581. The van der Waals surface area contributed by atoms with E-state index >= 15 is 0 Å². The molecule has 1 aromatic heterocycles. The van der Waals surface area contributed by atoms with E-state index in [1.54, 1.807) is 13.0 Å². The Morgan fingerprint density at radius 3 is 2.86 bits per heavy atom. The van der Waals surface area contributed by atoms with E-state index < -0.39 is 0 Å². The van der Waals surface area contributed by atoms with Crippen LogP contribution in [0.15, 0.2) is 35.1 Å². The molecule has 0 saturated heterocycles. The first-order chi connectivity index (χ1) is 6.81. The molecule has 2 rings (SSSR count). The Bertz CT molecular complexity index is 584. The first-order valence-electron chi connectivity index (χ1n) is 4.36. The Kier molecular flexibility index (Phi) is 2.08. The summed E-state index contributed by atoms with van der Waals surface area (Å²) in [7, 11) is 0. The number of benzene rings is 1. The van der Waals surface area contributed by atoms with Crippen molar-refractivity contribution in [2.75, 3.05) is 0 Å². The second-order valence-corrected chi connectivity index (χ2v) is 2.97. The molecule has 0 radical (unpaired) electrons. The first-order valence-corrected chi connectivity index (χ1v) is 4.36. The summed E-state index contributed by atoms with van der Waals surface area (Å²) in [5.74, 6) is 5.59. The summed E-state index contributed by atoms with van der Waals surface area (Å²) in [6.45, 7) is 1.74. The van der Waals surface area contributed by atoms with Gasteiger partial charge in [0.1, 0.15) is 0 Å². The number of aromatic amines is 1. The molecule has 0 fully saturated rings. The minimum Gasteiger partial charge on any atom is -0.315 e. The largest absolute Gasteiger partial charge is 0.315 e. The van der Waals surface area contributed by atoms with Crippen molar-refractivity contribution >= 4 is 10.8 Å². The van der Waals surface area contributed by atoms with Gasteiger partial charge >= 0.3 is 0 Å². The van der Waals surface area contributed by atoms with Crippen molar-refractivity contribution in [2.45, 2.75) is 6.92 Å². The van der Waals surface area contributed by atoms with Crippen molar-refractivity contribution in [3.63, 3.8) is 0 Å². The first kappa shape index (κ1) is 8.58. The van der Waals surface area contributed by atoms with Crippen LogP contribution in [-0.4, -0.2) is 4.98 Å². The van der Waals surface area contributed by atoms with E-state index in [0.717, 1.165) is 5.39 Å². The number of pyridine rings is 1. The van der Waals surface area contributed by atoms with Gasteiger partial charge in [-0.1, -0.05) is 24.1 Å². The van der Waals surface area contributed by atoms with Crippen LogP contribution in [0.4, 0.5) is 0 Å². The third kappa shape index (κ3) is 1.40. The monoisotopic (exact) mass is 183 g/mol. The summed E-state index contributed by atoms with van der Waals surface area (Å²) < 4.78 is 0. The van der Waals surface area contributed by atoms with Crippen LogP contribution < -0.4 is 5.56 Å². The molecule has 0 aliphatic rings. The van der Waals surface area contributed by atoms with Crippen LogP contribution in [-0.2, 0) is 0 Å². The molecule has 2 aromatic rings. The molecule has 0 spiro atoms. The highest BCUT2D eigenvalue weighted by molar-refractivity contribution is 5.82. The van der Waals surface area contributed by atoms with Gasteiger partial charge in [-0.3, -0.25) is 4.79 Å². The molecule has 0 aliphatic carbocycles. The van der Waals surface area contributed by atoms with Crippen LogP contribution in [0.2, 0.25) is 0 Å². The predicted octanol–water partition coefficient (Wildman–Crippen LogP) is 1.90. The summed E-state index contributed by atoms with van der Waals surface area (Å²) in [4.78, 5) is 14.3. The van der Waals surface area contributed by atoms with Crippen molar-refractivity contribution in [1.29, 1.82) is 0 Å². The fourth-order valence-corrected chi connectivity index (χ4v) is 1.41. The molecule has 14 heavy (non-hydrogen) atoms. The number of rotatable bonds is 0. The van der Waals surface area contributed by atoms with Crippen LogP contribution in [0.3, 0.4) is 0 Å². The second-order valence-electron chi connectivity index (χ2n) is 2.97. The lowest BCUT2D eigenvalue weighted by Gasteiger charge is -1.96. The van der Waals surface area contributed by atoms with Gasteiger partial charge in [0.2, 0.25) is 0 Å². The van der Waals surface area contributed by atoms with E-state index in [-0.39, 0.29) is 5.56 Å². The van der Waals surface area contributed by atoms with Gasteiger partial charge in [-0.15, -0.1) is 0 Å². The fraction of sp³-hybridized carbons (Fsp3) is 0.0833. The fourth-order valence-electron chi connectivity index (χ4n) is 1.41. The molecule has 0 unspecified atom stereocenters. The molecule has 0 atom stereocenters. The minimum absolute atomic E-state index is 0.0825. The van der Waals surface area contributed by atoms with Gasteiger partial charge in [0, 0.05) is 5.39 Å². The number of aromatic nitrogens is 1. The van der Waals surface area contributed by atoms with Gasteiger partial charge in [0.05, 0.1) is 5.69 Å². The highest BCUT2D eigenvalue weighted by atomic mass is 16.1. The van der Waals surface area contributed by atoms with Crippen LogP contribution in [0.1, 0.15) is 12.6 Å². The molecule has 68 valence electrons. The average Bonchev–Trinajstić information content (AvgIpc) is 2.18. The van der Waals surface area contributed by atoms with Crippen LogP contribution in [0, 0.1) is 11.8 Å². The van der Waals surface area contributed by atoms with Gasteiger partial charge in [0.15, 0.2) is 0 Å². The number of H-pyrrole nitrogens is 1. The average molecular weight is 183 g/mol. The Morgan fingerprint density at radius 1 is 1.29 bits per heavy atom. The lowest BCUT2D eigenvalue weighted by atomic mass is 10.1. The minimum atomic E-state index is -0.0825. The molecule has 0 saturated carbocycles. The predicted molar refractivity (Wildman–Crippen MR) is 57.1 cm³/mol. The molecule has 0 aliphatic heterocycles. The van der Waals surface area contributed by atoms with Gasteiger partial charge < -0.3 is 4.98 Å². The quantitative estimate of drug-likeness (QED) is 0.622. The van der Waals surface area contributed by atoms with E-state index in [9.17, 15) is 4.79 Å². The SMILES string of the molecule is CC#Cc1cc2ccccc2c(=O)[nH]1. The maximum atomic E-state index is 11.6. The van der Waals surface area contributed by atoms with Crippen LogP contribution >= 0.6 is 0 Å². The number of nitrogens with one attached hydrogen (secondary N) is 1. The Hall–Kier alpha value is -2.01. The Labute approximate surface area is 81.6 Å². The van der Waals surface area contributed by atoms with Gasteiger partial charge in [-0.05, 0) is 30.4 Å². The topological polar surface area (TPSA) is 32.9 Å².